The number of anilines is 1. The van der Waals surface area contributed by atoms with E-state index in [0.29, 0.717) is 5.56 Å². The minimum atomic E-state index is -0.236. The van der Waals surface area contributed by atoms with Crippen molar-refractivity contribution in [3.05, 3.63) is 71.4 Å². The topological polar surface area (TPSA) is 54.0 Å². The number of amides is 1. The number of fused-ring (bicyclic) bond motifs is 1. The molecule has 120 valence electrons. The van der Waals surface area contributed by atoms with Crippen LogP contribution < -0.4 is 10.6 Å². The Morgan fingerprint density at radius 2 is 1.75 bits per heavy atom. The number of hydrogen-bond donors (Lipinski definition) is 2. The molecule has 4 nitrogen and oxygen atoms in total. The van der Waals surface area contributed by atoms with E-state index in [1.807, 2.05) is 56.3 Å². The normalized spacial score (nSPS) is 10.4. The highest BCUT2D eigenvalue weighted by atomic mass is 32.1. The van der Waals surface area contributed by atoms with Crippen LogP contribution in [-0.2, 0) is 0 Å². The molecular formula is C19H17N3OS. The van der Waals surface area contributed by atoms with E-state index >= 15 is 0 Å². The molecule has 0 spiro atoms. The summed E-state index contributed by atoms with van der Waals surface area (Å²) in [6.07, 6.45) is 0. The van der Waals surface area contributed by atoms with Crippen LogP contribution >= 0.6 is 12.2 Å². The van der Waals surface area contributed by atoms with E-state index in [0.717, 1.165) is 27.8 Å². The van der Waals surface area contributed by atoms with Crippen LogP contribution in [0, 0.1) is 13.8 Å². The number of nitrogens with one attached hydrogen (secondary N) is 2. The molecule has 0 fully saturated rings. The van der Waals surface area contributed by atoms with Crippen molar-refractivity contribution in [3.63, 3.8) is 0 Å². The van der Waals surface area contributed by atoms with E-state index in [4.69, 9.17) is 12.2 Å². The predicted octanol–water partition coefficient (Wildman–Crippen LogP) is 3.98. The van der Waals surface area contributed by atoms with Gasteiger partial charge in [0.05, 0.1) is 11.2 Å². The number of carbonyl (C=O) groups excluding carboxylic acids is 1. The Balaban J connectivity index is 1.83. The van der Waals surface area contributed by atoms with E-state index < -0.39 is 0 Å². The molecule has 2 N–H and O–H groups in total. The zero-order valence-corrected chi connectivity index (χ0v) is 14.3. The maximum Gasteiger partial charge on any atom is 0.257 e. The van der Waals surface area contributed by atoms with Crippen LogP contribution in [0.25, 0.3) is 10.9 Å². The van der Waals surface area contributed by atoms with E-state index in [1.54, 1.807) is 12.1 Å². The molecule has 0 radical (unpaired) electrons. The van der Waals surface area contributed by atoms with Gasteiger partial charge in [-0.2, -0.15) is 0 Å². The highest BCUT2D eigenvalue weighted by Gasteiger charge is 2.11. The summed E-state index contributed by atoms with van der Waals surface area (Å²) < 4.78 is 0. The van der Waals surface area contributed by atoms with E-state index in [1.165, 1.54) is 0 Å². The average Bonchev–Trinajstić information content (AvgIpc) is 2.58. The lowest BCUT2D eigenvalue weighted by Crippen LogP contribution is -2.34. The van der Waals surface area contributed by atoms with Gasteiger partial charge in [-0.1, -0.05) is 24.3 Å². The first-order chi connectivity index (χ1) is 11.5. The Morgan fingerprint density at radius 3 is 2.50 bits per heavy atom. The Morgan fingerprint density at radius 1 is 1.00 bits per heavy atom. The molecular weight excluding hydrogens is 318 g/mol. The van der Waals surface area contributed by atoms with Crippen LogP contribution in [0.5, 0.6) is 0 Å². The van der Waals surface area contributed by atoms with Crippen molar-refractivity contribution in [1.82, 2.24) is 10.3 Å². The van der Waals surface area contributed by atoms with Crippen LogP contribution in [0.4, 0.5) is 5.69 Å². The standard InChI is InChI=1S/C19H17N3OS/c1-12-8-11-16-15(10-9-13(2)20-16)17(12)21-19(24)22-18(23)14-6-4-3-5-7-14/h3-11H,1-2H3,(H2,21,22,23,24). The van der Waals surface area contributed by atoms with Crippen molar-refractivity contribution in [3.8, 4) is 0 Å². The number of aryl methyl sites for hydroxylation is 2. The number of hydrogen-bond acceptors (Lipinski definition) is 3. The number of carbonyl (C=O) groups is 1. The second kappa shape index (κ2) is 6.76. The molecule has 0 saturated heterocycles. The maximum absolute atomic E-state index is 12.2. The molecule has 0 bridgehead atoms. The van der Waals surface area contributed by atoms with Crippen molar-refractivity contribution in [1.29, 1.82) is 0 Å². The molecule has 3 rings (SSSR count). The zero-order chi connectivity index (χ0) is 17.1. The second-order valence-corrected chi connectivity index (χ2v) is 5.96. The summed E-state index contributed by atoms with van der Waals surface area (Å²) in [6, 6.07) is 16.9. The number of benzene rings is 2. The van der Waals surface area contributed by atoms with Crippen molar-refractivity contribution in [2.45, 2.75) is 13.8 Å². The van der Waals surface area contributed by atoms with Gasteiger partial charge in [0, 0.05) is 16.6 Å². The summed E-state index contributed by atoms with van der Waals surface area (Å²) in [5.74, 6) is -0.236. The molecule has 0 aliphatic carbocycles. The van der Waals surface area contributed by atoms with Gasteiger partial charge < -0.3 is 5.32 Å². The number of rotatable bonds is 2. The Hall–Kier alpha value is -2.79. The van der Waals surface area contributed by atoms with Crippen LogP contribution in [-0.4, -0.2) is 16.0 Å². The third-order valence-corrected chi connectivity index (χ3v) is 3.92. The van der Waals surface area contributed by atoms with Crippen molar-refractivity contribution in [2.75, 3.05) is 5.32 Å². The Labute approximate surface area is 145 Å². The molecule has 0 aliphatic heterocycles. The number of nitrogens with zero attached hydrogens (tertiary/aromatic N) is 1. The highest BCUT2D eigenvalue weighted by molar-refractivity contribution is 7.80. The predicted molar refractivity (Wildman–Crippen MR) is 101 cm³/mol. The lowest BCUT2D eigenvalue weighted by molar-refractivity contribution is 0.0977. The average molecular weight is 335 g/mol. The van der Waals surface area contributed by atoms with Crippen LogP contribution in [0.2, 0.25) is 0 Å². The molecule has 0 unspecified atom stereocenters. The first kappa shape index (κ1) is 16.1. The van der Waals surface area contributed by atoms with Gasteiger partial charge in [0.2, 0.25) is 0 Å². The lowest BCUT2D eigenvalue weighted by Gasteiger charge is -2.14. The fourth-order valence-electron chi connectivity index (χ4n) is 2.49. The minimum absolute atomic E-state index is 0.236. The van der Waals surface area contributed by atoms with E-state index in [9.17, 15) is 4.79 Å². The largest absolute Gasteiger partial charge is 0.332 e. The summed E-state index contributed by atoms with van der Waals surface area (Å²) in [5, 5.41) is 7.08. The van der Waals surface area contributed by atoms with Crippen molar-refractivity contribution in [2.24, 2.45) is 0 Å². The third-order valence-electron chi connectivity index (χ3n) is 3.72. The van der Waals surface area contributed by atoms with E-state index in [-0.39, 0.29) is 11.0 Å². The first-order valence-electron chi connectivity index (χ1n) is 7.59. The Kier molecular flexibility index (Phi) is 4.53. The van der Waals surface area contributed by atoms with Gasteiger partial charge in [-0.15, -0.1) is 0 Å². The summed E-state index contributed by atoms with van der Waals surface area (Å²) in [5.41, 5.74) is 4.30. The summed E-state index contributed by atoms with van der Waals surface area (Å²) in [6.45, 7) is 3.94. The number of aromatic nitrogens is 1. The maximum atomic E-state index is 12.2. The molecule has 5 heteroatoms. The van der Waals surface area contributed by atoms with Gasteiger partial charge in [-0.3, -0.25) is 15.1 Å². The van der Waals surface area contributed by atoms with Crippen molar-refractivity contribution >= 4 is 39.8 Å². The molecule has 1 heterocycles. The third kappa shape index (κ3) is 3.41. The SMILES string of the molecule is Cc1ccc2c(NC(=S)NC(=O)c3ccccc3)c(C)ccc2n1. The summed E-state index contributed by atoms with van der Waals surface area (Å²) >= 11 is 5.30. The highest BCUT2D eigenvalue weighted by Crippen LogP contribution is 2.26. The molecule has 3 aromatic rings. The molecule has 2 aromatic carbocycles. The fourth-order valence-corrected chi connectivity index (χ4v) is 2.69. The molecule has 1 amide bonds. The molecule has 0 atom stereocenters. The fraction of sp³-hybridized carbons (Fsp3) is 0.105. The summed E-state index contributed by atoms with van der Waals surface area (Å²) in [4.78, 5) is 16.7. The van der Waals surface area contributed by atoms with Gasteiger partial charge in [0.1, 0.15) is 0 Å². The van der Waals surface area contributed by atoms with Crippen LogP contribution in [0.1, 0.15) is 21.6 Å². The zero-order valence-electron chi connectivity index (χ0n) is 13.5. The minimum Gasteiger partial charge on any atom is -0.332 e. The number of thiocarbonyl (C=S) groups is 1. The van der Waals surface area contributed by atoms with Crippen molar-refractivity contribution < 1.29 is 4.79 Å². The van der Waals surface area contributed by atoms with Crippen LogP contribution in [0.15, 0.2) is 54.6 Å². The first-order valence-corrected chi connectivity index (χ1v) is 8.00. The Bertz CT molecular complexity index is 923. The van der Waals surface area contributed by atoms with Gasteiger partial charge in [0.15, 0.2) is 5.11 Å². The van der Waals surface area contributed by atoms with Gasteiger partial charge >= 0.3 is 0 Å². The number of pyridine rings is 1. The molecule has 1 aromatic heterocycles. The quantitative estimate of drug-likeness (QED) is 0.696. The van der Waals surface area contributed by atoms with Crippen LogP contribution in [0.3, 0.4) is 0 Å². The smallest absolute Gasteiger partial charge is 0.257 e. The lowest BCUT2D eigenvalue weighted by atomic mass is 10.1. The van der Waals surface area contributed by atoms with Gasteiger partial charge in [-0.05, 0) is 62.0 Å². The second-order valence-electron chi connectivity index (χ2n) is 5.55. The molecule has 24 heavy (non-hydrogen) atoms. The molecule has 0 saturated carbocycles. The van der Waals surface area contributed by atoms with E-state index in [2.05, 4.69) is 15.6 Å². The van der Waals surface area contributed by atoms with Gasteiger partial charge in [0.25, 0.3) is 5.91 Å². The summed E-state index contributed by atoms with van der Waals surface area (Å²) in [7, 11) is 0. The monoisotopic (exact) mass is 335 g/mol. The molecule has 0 aliphatic rings. The van der Waals surface area contributed by atoms with Gasteiger partial charge in [-0.25, -0.2) is 0 Å².